The smallest absolute Gasteiger partial charge is 0.231 e. The number of anilines is 1. The zero-order valence-electron chi connectivity index (χ0n) is 11.8. The molecule has 0 bridgehead atoms. The van der Waals surface area contributed by atoms with Crippen LogP contribution in [-0.4, -0.2) is 21.1 Å². The molecular weight excluding hydrogens is 303 g/mol. The van der Waals surface area contributed by atoms with E-state index in [0.29, 0.717) is 11.5 Å². The largest absolute Gasteiger partial charge is 0.309 e. The Kier molecular flexibility index (Phi) is 3.97. The minimum Gasteiger partial charge on any atom is -0.309 e. The van der Waals surface area contributed by atoms with Gasteiger partial charge in [-0.05, 0) is 36.8 Å². The van der Waals surface area contributed by atoms with Crippen LogP contribution in [0.2, 0.25) is 0 Å². The molecule has 2 N–H and O–H groups in total. The number of thiazole rings is 1. The van der Waals surface area contributed by atoms with E-state index in [2.05, 4.69) is 20.5 Å². The van der Waals surface area contributed by atoms with Crippen LogP contribution in [-0.2, 0) is 11.2 Å². The van der Waals surface area contributed by atoms with Crippen molar-refractivity contribution < 1.29 is 9.18 Å². The maximum Gasteiger partial charge on any atom is 0.231 e. The first-order valence-corrected chi connectivity index (χ1v) is 7.50. The Balaban J connectivity index is 1.66. The monoisotopic (exact) mass is 316 g/mol. The third-order valence-electron chi connectivity index (χ3n) is 3.01. The van der Waals surface area contributed by atoms with Crippen molar-refractivity contribution in [2.45, 2.75) is 13.3 Å². The van der Waals surface area contributed by atoms with Gasteiger partial charge in [-0.25, -0.2) is 9.37 Å². The molecule has 0 fully saturated rings. The summed E-state index contributed by atoms with van der Waals surface area (Å²) in [6.45, 7) is 1.90. The highest BCUT2D eigenvalue weighted by Gasteiger charge is 2.10. The maximum absolute atomic E-state index is 12.9. The quantitative estimate of drug-likeness (QED) is 0.776. The molecule has 3 aromatic rings. The summed E-state index contributed by atoms with van der Waals surface area (Å²) in [5, 5.41) is 12.4. The number of benzene rings is 1. The van der Waals surface area contributed by atoms with E-state index in [1.165, 1.54) is 23.5 Å². The Labute approximate surface area is 130 Å². The molecular formula is C15H13FN4OS. The van der Waals surface area contributed by atoms with Crippen molar-refractivity contribution in [2.75, 3.05) is 5.32 Å². The molecule has 22 heavy (non-hydrogen) atoms. The molecule has 5 nitrogen and oxygen atoms in total. The molecule has 0 spiro atoms. The highest BCUT2D eigenvalue weighted by Crippen LogP contribution is 2.20. The normalized spacial score (nSPS) is 10.6. The first-order chi connectivity index (χ1) is 10.6. The number of hydrogen-bond donors (Lipinski definition) is 2. The summed E-state index contributed by atoms with van der Waals surface area (Å²) in [7, 11) is 0. The number of carbonyl (C=O) groups is 1. The molecule has 0 saturated heterocycles. The van der Waals surface area contributed by atoms with Crippen LogP contribution in [0.3, 0.4) is 0 Å². The molecule has 1 amide bonds. The minimum atomic E-state index is -0.296. The summed E-state index contributed by atoms with van der Waals surface area (Å²) in [5.41, 5.74) is 2.25. The third kappa shape index (κ3) is 3.37. The molecule has 0 aliphatic heterocycles. The van der Waals surface area contributed by atoms with E-state index in [-0.39, 0.29) is 18.1 Å². The van der Waals surface area contributed by atoms with E-state index in [1.54, 1.807) is 18.2 Å². The number of rotatable bonds is 4. The molecule has 0 aliphatic carbocycles. The summed E-state index contributed by atoms with van der Waals surface area (Å²) in [5.74, 6) is -0.0471. The third-order valence-corrected chi connectivity index (χ3v) is 3.83. The lowest BCUT2D eigenvalue weighted by molar-refractivity contribution is -0.115. The molecule has 2 aromatic heterocycles. The fourth-order valence-corrected chi connectivity index (χ4v) is 2.62. The van der Waals surface area contributed by atoms with Gasteiger partial charge in [-0.3, -0.25) is 9.89 Å². The first-order valence-electron chi connectivity index (χ1n) is 6.62. The number of nitrogens with one attached hydrogen (secondary N) is 2. The lowest BCUT2D eigenvalue weighted by Crippen LogP contribution is -2.14. The standard InChI is InChI=1S/C15H13FN4OS/c1-9-17-12(8-22-9)6-15(21)18-14-7-13(19-20-14)10-2-4-11(16)5-3-10/h2-5,7-8H,6H2,1H3,(H2,18,19,20,21). The van der Waals surface area contributed by atoms with Gasteiger partial charge < -0.3 is 5.32 Å². The molecule has 0 atom stereocenters. The fraction of sp³-hybridized carbons (Fsp3) is 0.133. The number of carbonyl (C=O) groups excluding carboxylic acids is 1. The Morgan fingerprint density at radius 2 is 2.14 bits per heavy atom. The second kappa shape index (κ2) is 6.07. The summed E-state index contributed by atoms with van der Waals surface area (Å²) >= 11 is 1.51. The highest BCUT2D eigenvalue weighted by molar-refractivity contribution is 7.09. The lowest BCUT2D eigenvalue weighted by atomic mass is 10.1. The molecule has 0 aliphatic rings. The van der Waals surface area contributed by atoms with Crippen LogP contribution >= 0.6 is 11.3 Å². The lowest BCUT2D eigenvalue weighted by Gasteiger charge is -1.99. The number of halogens is 1. The molecule has 1 aromatic carbocycles. The zero-order valence-corrected chi connectivity index (χ0v) is 12.6. The van der Waals surface area contributed by atoms with Gasteiger partial charge in [0.25, 0.3) is 0 Å². The molecule has 0 unspecified atom stereocenters. The number of aromatic nitrogens is 3. The second-order valence-electron chi connectivity index (χ2n) is 4.76. The molecule has 7 heteroatoms. The molecule has 3 rings (SSSR count). The Morgan fingerprint density at radius 3 is 2.82 bits per heavy atom. The fourth-order valence-electron chi connectivity index (χ4n) is 2.00. The van der Waals surface area contributed by atoms with Crippen LogP contribution in [0.4, 0.5) is 10.2 Å². The summed E-state index contributed by atoms with van der Waals surface area (Å²) in [6, 6.07) is 7.74. The van der Waals surface area contributed by atoms with Crippen molar-refractivity contribution >= 4 is 23.1 Å². The van der Waals surface area contributed by atoms with Crippen LogP contribution in [0, 0.1) is 12.7 Å². The number of aryl methyl sites for hydroxylation is 1. The SMILES string of the molecule is Cc1nc(CC(=O)Nc2cc(-c3ccc(F)cc3)[nH]n2)cs1. The van der Waals surface area contributed by atoms with E-state index < -0.39 is 0 Å². The van der Waals surface area contributed by atoms with Crippen molar-refractivity contribution in [2.24, 2.45) is 0 Å². The average Bonchev–Trinajstić information content (AvgIpc) is 3.09. The molecule has 0 radical (unpaired) electrons. The predicted molar refractivity (Wildman–Crippen MR) is 83.2 cm³/mol. The number of nitrogens with zero attached hydrogens (tertiary/aromatic N) is 2. The van der Waals surface area contributed by atoms with Crippen LogP contribution in [0.1, 0.15) is 10.7 Å². The average molecular weight is 316 g/mol. The maximum atomic E-state index is 12.9. The Morgan fingerprint density at radius 1 is 1.36 bits per heavy atom. The number of H-pyrrole nitrogens is 1. The van der Waals surface area contributed by atoms with Gasteiger partial charge in [0.15, 0.2) is 5.82 Å². The van der Waals surface area contributed by atoms with E-state index in [0.717, 1.165) is 16.3 Å². The van der Waals surface area contributed by atoms with E-state index in [9.17, 15) is 9.18 Å². The van der Waals surface area contributed by atoms with Crippen molar-refractivity contribution in [3.8, 4) is 11.3 Å². The second-order valence-corrected chi connectivity index (χ2v) is 5.82. The Hall–Kier alpha value is -2.54. The van der Waals surface area contributed by atoms with Gasteiger partial charge in [0.1, 0.15) is 5.82 Å². The predicted octanol–water partition coefficient (Wildman–Crippen LogP) is 3.16. The van der Waals surface area contributed by atoms with Gasteiger partial charge >= 0.3 is 0 Å². The summed E-state index contributed by atoms with van der Waals surface area (Å²) in [6.07, 6.45) is 0.211. The van der Waals surface area contributed by atoms with Gasteiger partial charge in [0.2, 0.25) is 5.91 Å². The van der Waals surface area contributed by atoms with Crippen molar-refractivity contribution in [3.05, 3.63) is 52.2 Å². The van der Waals surface area contributed by atoms with E-state index in [1.807, 2.05) is 12.3 Å². The highest BCUT2D eigenvalue weighted by atomic mass is 32.1. The molecule has 2 heterocycles. The van der Waals surface area contributed by atoms with Gasteiger partial charge in [0, 0.05) is 11.4 Å². The van der Waals surface area contributed by atoms with Crippen LogP contribution in [0.15, 0.2) is 35.7 Å². The van der Waals surface area contributed by atoms with Gasteiger partial charge in [-0.1, -0.05) is 0 Å². The van der Waals surface area contributed by atoms with Crippen LogP contribution in [0.5, 0.6) is 0 Å². The summed E-state index contributed by atoms with van der Waals surface area (Å²) in [4.78, 5) is 16.2. The van der Waals surface area contributed by atoms with E-state index in [4.69, 9.17) is 0 Å². The van der Waals surface area contributed by atoms with Crippen LogP contribution < -0.4 is 5.32 Å². The van der Waals surface area contributed by atoms with Crippen molar-refractivity contribution in [3.63, 3.8) is 0 Å². The van der Waals surface area contributed by atoms with Crippen molar-refractivity contribution in [1.29, 1.82) is 0 Å². The summed E-state index contributed by atoms with van der Waals surface area (Å²) < 4.78 is 12.9. The van der Waals surface area contributed by atoms with E-state index >= 15 is 0 Å². The molecule has 112 valence electrons. The zero-order chi connectivity index (χ0) is 15.5. The number of aromatic amines is 1. The number of amides is 1. The van der Waals surface area contributed by atoms with Gasteiger partial charge in [-0.15, -0.1) is 11.3 Å². The minimum absolute atomic E-state index is 0.178. The van der Waals surface area contributed by atoms with Crippen LogP contribution in [0.25, 0.3) is 11.3 Å². The number of hydrogen-bond acceptors (Lipinski definition) is 4. The Bertz CT molecular complexity index is 794. The topological polar surface area (TPSA) is 70.7 Å². The van der Waals surface area contributed by atoms with Gasteiger partial charge in [0.05, 0.1) is 22.8 Å². The first kappa shape index (κ1) is 14.4. The van der Waals surface area contributed by atoms with Gasteiger partial charge in [-0.2, -0.15) is 5.10 Å². The molecule has 0 saturated carbocycles. The van der Waals surface area contributed by atoms with Crippen molar-refractivity contribution in [1.82, 2.24) is 15.2 Å².